The second-order valence-electron chi connectivity index (χ2n) is 6.47. The first-order valence-corrected chi connectivity index (χ1v) is 10.4. The molecule has 4 nitrogen and oxygen atoms in total. The molecule has 0 saturated heterocycles. The van der Waals surface area contributed by atoms with Gasteiger partial charge in [0, 0.05) is 21.0 Å². The number of rotatable bonds is 4. The lowest BCUT2D eigenvalue weighted by Gasteiger charge is -2.10. The number of primary amides is 1. The molecular formula is C20H20Cl2N2O2S. The van der Waals surface area contributed by atoms with Gasteiger partial charge in [-0.2, -0.15) is 0 Å². The number of halogens is 2. The molecule has 7 heteroatoms. The molecule has 142 valence electrons. The maximum atomic E-state index is 12.4. The molecule has 0 atom stereocenters. The number of hydrogen-bond donors (Lipinski definition) is 2. The number of amides is 2. The van der Waals surface area contributed by atoms with E-state index in [-0.39, 0.29) is 5.91 Å². The molecule has 1 heterocycles. The third kappa shape index (κ3) is 4.92. The summed E-state index contributed by atoms with van der Waals surface area (Å²) in [4.78, 5) is 25.6. The minimum absolute atomic E-state index is 0.335. The first-order chi connectivity index (χ1) is 13.0. The Kier molecular flexibility index (Phi) is 6.58. The van der Waals surface area contributed by atoms with E-state index in [1.165, 1.54) is 23.8 Å². The Hall–Kier alpha value is -1.82. The van der Waals surface area contributed by atoms with Gasteiger partial charge in [-0.3, -0.25) is 9.59 Å². The Morgan fingerprint density at radius 1 is 1.11 bits per heavy atom. The molecule has 0 unspecified atom stereocenters. The van der Waals surface area contributed by atoms with E-state index >= 15 is 0 Å². The highest BCUT2D eigenvalue weighted by Gasteiger charge is 2.23. The SMILES string of the molecule is NC(=O)c1c(NC(=O)C=Cc2ccc(Cl)cc2Cl)sc2c1CCCCCC2. The predicted octanol–water partition coefficient (Wildman–Crippen LogP) is 5.46. The van der Waals surface area contributed by atoms with E-state index in [4.69, 9.17) is 28.9 Å². The van der Waals surface area contributed by atoms with Crippen LogP contribution in [0, 0.1) is 0 Å². The smallest absolute Gasteiger partial charge is 0.251 e. The lowest BCUT2D eigenvalue weighted by molar-refractivity contribution is -0.111. The minimum atomic E-state index is -0.493. The number of aryl methyl sites for hydroxylation is 1. The van der Waals surface area contributed by atoms with Crippen molar-refractivity contribution in [3.63, 3.8) is 0 Å². The van der Waals surface area contributed by atoms with E-state index in [9.17, 15) is 9.59 Å². The number of hydrogen-bond acceptors (Lipinski definition) is 3. The van der Waals surface area contributed by atoms with Gasteiger partial charge in [0.25, 0.3) is 5.91 Å². The molecule has 0 spiro atoms. The highest BCUT2D eigenvalue weighted by atomic mass is 35.5. The van der Waals surface area contributed by atoms with E-state index < -0.39 is 5.91 Å². The average Bonchev–Trinajstić information content (AvgIpc) is 2.90. The van der Waals surface area contributed by atoms with Crippen molar-refractivity contribution in [2.75, 3.05) is 5.32 Å². The summed E-state index contributed by atoms with van der Waals surface area (Å²) in [6, 6.07) is 5.06. The maximum absolute atomic E-state index is 12.4. The number of thiophene rings is 1. The highest BCUT2D eigenvalue weighted by molar-refractivity contribution is 7.17. The number of anilines is 1. The fraction of sp³-hybridized carbons (Fsp3) is 0.300. The Labute approximate surface area is 172 Å². The second kappa shape index (κ2) is 8.91. The van der Waals surface area contributed by atoms with Crippen LogP contribution < -0.4 is 11.1 Å². The van der Waals surface area contributed by atoms with Gasteiger partial charge in [-0.1, -0.05) is 42.1 Å². The first kappa shape index (κ1) is 19.9. The van der Waals surface area contributed by atoms with Gasteiger partial charge >= 0.3 is 0 Å². The van der Waals surface area contributed by atoms with Gasteiger partial charge in [0.2, 0.25) is 5.91 Å². The van der Waals surface area contributed by atoms with Gasteiger partial charge < -0.3 is 11.1 Å². The van der Waals surface area contributed by atoms with Gasteiger partial charge in [0.15, 0.2) is 0 Å². The van der Waals surface area contributed by atoms with Crippen LogP contribution in [-0.2, 0) is 17.6 Å². The number of nitrogens with two attached hydrogens (primary N) is 1. The summed E-state index contributed by atoms with van der Waals surface area (Å²) in [6.07, 6.45) is 9.22. The van der Waals surface area contributed by atoms with Crippen LogP contribution in [0.3, 0.4) is 0 Å². The number of carbonyl (C=O) groups excluding carboxylic acids is 2. The lowest BCUT2D eigenvalue weighted by Crippen LogP contribution is -2.17. The Bertz CT molecular complexity index is 906. The third-order valence-electron chi connectivity index (χ3n) is 4.53. The van der Waals surface area contributed by atoms with Gasteiger partial charge in [-0.05, 0) is 55.0 Å². The summed E-state index contributed by atoms with van der Waals surface area (Å²) < 4.78 is 0. The summed E-state index contributed by atoms with van der Waals surface area (Å²) in [7, 11) is 0. The van der Waals surface area contributed by atoms with E-state index in [2.05, 4.69) is 5.32 Å². The van der Waals surface area contributed by atoms with Crippen LogP contribution in [0.2, 0.25) is 10.0 Å². The molecule has 1 aliphatic carbocycles. The maximum Gasteiger partial charge on any atom is 0.251 e. The molecule has 1 aromatic carbocycles. The van der Waals surface area contributed by atoms with Gasteiger partial charge in [-0.25, -0.2) is 0 Å². The zero-order valence-electron chi connectivity index (χ0n) is 14.7. The van der Waals surface area contributed by atoms with Gasteiger partial charge in [0.1, 0.15) is 5.00 Å². The molecule has 2 aromatic rings. The number of nitrogens with one attached hydrogen (secondary N) is 1. The van der Waals surface area contributed by atoms with Crippen LogP contribution >= 0.6 is 34.5 Å². The Morgan fingerprint density at radius 2 is 1.85 bits per heavy atom. The van der Waals surface area contributed by atoms with Crippen molar-refractivity contribution in [3.8, 4) is 0 Å². The summed E-state index contributed by atoms with van der Waals surface area (Å²) in [5, 5.41) is 4.34. The number of fused-ring (bicyclic) bond motifs is 1. The molecule has 3 N–H and O–H groups in total. The van der Waals surface area contributed by atoms with Crippen molar-refractivity contribution in [1.29, 1.82) is 0 Å². The standard InChI is InChI=1S/C20H20Cl2N2O2S/c21-13-9-7-12(15(22)11-13)8-10-17(25)24-20-18(19(23)26)14-5-3-1-2-4-6-16(14)27-20/h7-11H,1-6H2,(H2,23,26)(H,24,25). The largest absolute Gasteiger partial charge is 0.365 e. The van der Waals surface area contributed by atoms with Crippen molar-refractivity contribution in [3.05, 3.63) is 55.9 Å². The van der Waals surface area contributed by atoms with Crippen molar-refractivity contribution >= 4 is 57.4 Å². The topological polar surface area (TPSA) is 72.2 Å². The zero-order chi connectivity index (χ0) is 19.4. The van der Waals surface area contributed by atoms with E-state index in [1.807, 2.05) is 0 Å². The minimum Gasteiger partial charge on any atom is -0.365 e. The predicted molar refractivity (Wildman–Crippen MR) is 113 cm³/mol. The number of benzene rings is 1. The summed E-state index contributed by atoms with van der Waals surface area (Å²) in [5.74, 6) is -0.828. The fourth-order valence-corrected chi connectivity index (χ4v) is 4.99. The quantitative estimate of drug-likeness (QED) is 0.641. The molecular weight excluding hydrogens is 403 g/mol. The Balaban J connectivity index is 1.82. The van der Waals surface area contributed by atoms with Crippen LogP contribution in [0.4, 0.5) is 5.00 Å². The van der Waals surface area contributed by atoms with Crippen LogP contribution in [0.15, 0.2) is 24.3 Å². The third-order valence-corrected chi connectivity index (χ3v) is 6.30. The van der Waals surface area contributed by atoms with Gasteiger partial charge in [0.05, 0.1) is 5.56 Å². The summed E-state index contributed by atoms with van der Waals surface area (Å²) in [5.41, 5.74) is 7.77. The first-order valence-electron chi connectivity index (χ1n) is 8.84. The number of carbonyl (C=O) groups is 2. The lowest BCUT2D eigenvalue weighted by atomic mass is 9.96. The Morgan fingerprint density at radius 3 is 2.56 bits per heavy atom. The molecule has 2 amide bonds. The second-order valence-corrected chi connectivity index (χ2v) is 8.42. The van der Waals surface area contributed by atoms with Crippen molar-refractivity contribution in [2.24, 2.45) is 5.73 Å². The van der Waals surface area contributed by atoms with Crippen LogP contribution in [0.1, 0.15) is 52.0 Å². The molecule has 0 aliphatic heterocycles. The normalized spacial score (nSPS) is 14.4. The monoisotopic (exact) mass is 422 g/mol. The molecule has 0 saturated carbocycles. The van der Waals surface area contributed by atoms with E-state index in [1.54, 1.807) is 24.3 Å². The van der Waals surface area contributed by atoms with E-state index in [0.717, 1.165) is 42.5 Å². The molecule has 27 heavy (non-hydrogen) atoms. The molecule has 0 fully saturated rings. The van der Waals surface area contributed by atoms with E-state index in [0.29, 0.717) is 26.2 Å². The molecule has 0 bridgehead atoms. The molecule has 3 rings (SSSR count). The average molecular weight is 423 g/mol. The van der Waals surface area contributed by atoms with Crippen LogP contribution in [0.5, 0.6) is 0 Å². The van der Waals surface area contributed by atoms with Crippen LogP contribution in [0.25, 0.3) is 6.08 Å². The van der Waals surface area contributed by atoms with Crippen LogP contribution in [-0.4, -0.2) is 11.8 Å². The van der Waals surface area contributed by atoms with Crippen molar-refractivity contribution < 1.29 is 9.59 Å². The fourth-order valence-electron chi connectivity index (χ4n) is 3.22. The van der Waals surface area contributed by atoms with Gasteiger partial charge in [-0.15, -0.1) is 11.3 Å². The molecule has 1 aliphatic rings. The highest BCUT2D eigenvalue weighted by Crippen LogP contribution is 2.36. The summed E-state index contributed by atoms with van der Waals surface area (Å²) in [6.45, 7) is 0. The summed E-state index contributed by atoms with van der Waals surface area (Å²) >= 11 is 13.4. The molecule has 0 radical (unpaired) electrons. The molecule has 1 aromatic heterocycles. The zero-order valence-corrected chi connectivity index (χ0v) is 17.0. The van der Waals surface area contributed by atoms with Crippen molar-refractivity contribution in [2.45, 2.75) is 38.5 Å². The van der Waals surface area contributed by atoms with Crippen molar-refractivity contribution in [1.82, 2.24) is 0 Å².